The molecular weight excluding hydrogens is 230 g/mol. The minimum atomic E-state index is -0.584. The standard InChI is InChI=1S/C13H19N3O2/c1-8-5-6-10(15-12(17)9(2)14)7-11(8)13(18)16(3)4/h5-7,9H,14H2,1-4H3,(H,15,17)/t9-/m0/s1. The zero-order valence-electron chi connectivity index (χ0n) is 11.2. The van der Waals surface area contributed by atoms with Gasteiger partial charge >= 0.3 is 0 Å². The number of amides is 2. The number of rotatable bonds is 3. The van der Waals surface area contributed by atoms with E-state index in [0.29, 0.717) is 11.3 Å². The minimum absolute atomic E-state index is 0.0932. The van der Waals surface area contributed by atoms with Crippen LogP contribution in [0.3, 0.4) is 0 Å². The highest BCUT2D eigenvalue weighted by Crippen LogP contribution is 2.16. The predicted molar refractivity (Wildman–Crippen MR) is 71.5 cm³/mol. The molecule has 0 unspecified atom stereocenters. The number of nitrogens with one attached hydrogen (secondary N) is 1. The Morgan fingerprint density at radius 3 is 2.44 bits per heavy atom. The molecule has 0 radical (unpaired) electrons. The molecular formula is C13H19N3O2. The summed E-state index contributed by atoms with van der Waals surface area (Å²) >= 11 is 0. The number of hydrogen-bond donors (Lipinski definition) is 2. The lowest BCUT2D eigenvalue weighted by atomic mass is 10.1. The van der Waals surface area contributed by atoms with E-state index in [-0.39, 0.29) is 11.8 Å². The monoisotopic (exact) mass is 249 g/mol. The Bertz CT molecular complexity index is 467. The molecule has 0 fully saturated rings. The van der Waals surface area contributed by atoms with Gasteiger partial charge in [-0.3, -0.25) is 9.59 Å². The summed E-state index contributed by atoms with van der Waals surface area (Å²) in [5, 5.41) is 2.67. The molecule has 1 rings (SSSR count). The molecule has 0 bridgehead atoms. The van der Waals surface area contributed by atoms with Crippen LogP contribution in [-0.2, 0) is 4.79 Å². The summed E-state index contributed by atoms with van der Waals surface area (Å²) in [5.41, 5.74) is 7.49. The fourth-order valence-electron chi connectivity index (χ4n) is 1.43. The van der Waals surface area contributed by atoms with E-state index in [0.717, 1.165) is 5.56 Å². The van der Waals surface area contributed by atoms with E-state index < -0.39 is 6.04 Å². The summed E-state index contributed by atoms with van der Waals surface area (Å²) in [6.45, 7) is 3.46. The van der Waals surface area contributed by atoms with Crippen molar-refractivity contribution in [3.63, 3.8) is 0 Å². The van der Waals surface area contributed by atoms with Crippen LogP contribution in [0.25, 0.3) is 0 Å². The van der Waals surface area contributed by atoms with Gasteiger partial charge in [-0.1, -0.05) is 6.07 Å². The van der Waals surface area contributed by atoms with E-state index in [1.807, 2.05) is 6.92 Å². The van der Waals surface area contributed by atoms with E-state index in [2.05, 4.69) is 5.32 Å². The normalized spacial score (nSPS) is 11.8. The van der Waals surface area contributed by atoms with Gasteiger partial charge in [-0.2, -0.15) is 0 Å². The van der Waals surface area contributed by atoms with Crippen molar-refractivity contribution >= 4 is 17.5 Å². The van der Waals surface area contributed by atoms with E-state index >= 15 is 0 Å². The number of aryl methyl sites for hydroxylation is 1. The van der Waals surface area contributed by atoms with Crippen LogP contribution in [0.2, 0.25) is 0 Å². The van der Waals surface area contributed by atoms with Gasteiger partial charge < -0.3 is 16.0 Å². The van der Waals surface area contributed by atoms with Crippen LogP contribution in [0.4, 0.5) is 5.69 Å². The summed E-state index contributed by atoms with van der Waals surface area (Å²) in [6, 6.07) is 4.63. The first kappa shape index (κ1) is 14.2. The molecule has 0 aliphatic rings. The summed E-state index contributed by atoms with van der Waals surface area (Å²) in [6.07, 6.45) is 0. The highest BCUT2D eigenvalue weighted by molar-refractivity contribution is 5.99. The van der Waals surface area contributed by atoms with Crippen molar-refractivity contribution in [2.75, 3.05) is 19.4 Å². The first-order chi connectivity index (χ1) is 8.32. The third-order valence-corrected chi connectivity index (χ3v) is 2.56. The highest BCUT2D eigenvalue weighted by Gasteiger charge is 2.13. The van der Waals surface area contributed by atoms with Crippen molar-refractivity contribution in [2.24, 2.45) is 5.73 Å². The first-order valence-corrected chi connectivity index (χ1v) is 5.71. The molecule has 98 valence electrons. The smallest absolute Gasteiger partial charge is 0.253 e. The van der Waals surface area contributed by atoms with Gasteiger partial charge in [0.25, 0.3) is 5.91 Å². The third kappa shape index (κ3) is 3.30. The Hall–Kier alpha value is -1.88. The molecule has 5 nitrogen and oxygen atoms in total. The van der Waals surface area contributed by atoms with Crippen LogP contribution in [0.5, 0.6) is 0 Å². The van der Waals surface area contributed by atoms with Crippen molar-refractivity contribution in [3.05, 3.63) is 29.3 Å². The Morgan fingerprint density at radius 2 is 1.94 bits per heavy atom. The summed E-state index contributed by atoms with van der Waals surface area (Å²) < 4.78 is 0. The van der Waals surface area contributed by atoms with Crippen LogP contribution >= 0.6 is 0 Å². The van der Waals surface area contributed by atoms with E-state index in [1.54, 1.807) is 39.2 Å². The molecule has 1 atom stereocenters. The lowest BCUT2D eigenvalue weighted by molar-refractivity contribution is -0.117. The quantitative estimate of drug-likeness (QED) is 0.838. The molecule has 2 amide bonds. The molecule has 1 aromatic rings. The van der Waals surface area contributed by atoms with E-state index in [4.69, 9.17) is 5.73 Å². The van der Waals surface area contributed by atoms with Crippen LogP contribution in [-0.4, -0.2) is 36.9 Å². The van der Waals surface area contributed by atoms with Gasteiger partial charge in [-0.15, -0.1) is 0 Å². The lowest BCUT2D eigenvalue weighted by Crippen LogP contribution is -2.32. The first-order valence-electron chi connectivity index (χ1n) is 5.71. The van der Waals surface area contributed by atoms with Crippen LogP contribution in [0.15, 0.2) is 18.2 Å². The van der Waals surface area contributed by atoms with Gasteiger partial charge in [0, 0.05) is 25.3 Å². The molecule has 3 N–H and O–H groups in total. The zero-order chi connectivity index (χ0) is 13.9. The second-order valence-electron chi connectivity index (χ2n) is 4.51. The maximum absolute atomic E-state index is 11.9. The average Bonchev–Trinajstić information content (AvgIpc) is 2.30. The lowest BCUT2D eigenvalue weighted by Gasteiger charge is -2.14. The number of hydrogen-bond acceptors (Lipinski definition) is 3. The molecule has 1 aromatic carbocycles. The van der Waals surface area contributed by atoms with Crippen molar-refractivity contribution < 1.29 is 9.59 Å². The molecule has 0 heterocycles. The van der Waals surface area contributed by atoms with Crippen LogP contribution < -0.4 is 11.1 Å². The number of carbonyl (C=O) groups excluding carboxylic acids is 2. The Kier molecular flexibility index (Phi) is 4.44. The van der Waals surface area contributed by atoms with Gasteiger partial charge in [0.1, 0.15) is 0 Å². The second-order valence-corrected chi connectivity index (χ2v) is 4.51. The Balaban J connectivity index is 3.01. The summed E-state index contributed by atoms with van der Waals surface area (Å²) in [5.74, 6) is -0.369. The maximum atomic E-state index is 11.9. The average molecular weight is 249 g/mol. The summed E-state index contributed by atoms with van der Waals surface area (Å²) in [4.78, 5) is 24.9. The molecule has 0 aliphatic heterocycles. The third-order valence-electron chi connectivity index (χ3n) is 2.56. The fraction of sp³-hybridized carbons (Fsp3) is 0.385. The van der Waals surface area contributed by atoms with Gasteiger partial charge in [0.15, 0.2) is 0 Å². The topological polar surface area (TPSA) is 75.4 Å². The maximum Gasteiger partial charge on any atom is 0.253 e. The van der Waals surface area contributed by atoms with Gasteiger partial charge in [0.2, 0.25) is 5.91 Å². The SMILES string of the molecule is Cc1ccc(NC(=O)[C@H](C)N)cc1C(=O)N(C)C. The van der Waals surface area contributed by atoms with Gasteiger partial charge in [-0.05, 0) is 31.5 Å². The Labute approximate surface area is 107 Å². The highest BCUT2D eigenvalue weighted by atomic mass is 16.2. The second kappa shape index (κ2) is 5.64. The molecule has 0 spiro atoms. The van der Waals surface area contributed by atoms with E-state index in [1.165, 1.54) is 4.90 Å². The van der Waals surface area contributed by atoms with Crippen LogP contribution in [0, 0.1) is 6.92 Å². The number of anilines is 1. The number of nitrogens with zero attached hydrogens (tertiary/aromatic N) is 1. The summed E-state index contributed by atoms with van der Waals surface area (Å²) in [7, 11) is 3.38. The number of nitrogens with two attached hydrogens (primary N) is 1. The van der Waals surface area contributed by atoms with Gasteiger partial charge in [0.05, 0.1) is 6.04 Å². The van der Waals surface area contributed by atoms with Crippen molar-refractivity contribution in [1.82, 2.24) is 4.90 Å². The van der Waals surface area contributed by atoms with Crippen molar-refractivity contribution in [2.45, 2.75) is 19.9 Å². The zero-order valence-corrected chi connectivity index (χ0v) is 11.2. The molecule has 0 saturated carbocycles. The van der Waals surface area contributed by atoms with E-state index in [9.17, 15) is 9.59 Å². The fourth-order valence-corrected chi connectivity index (χ4v) is 1.43. The minimum Gasteiger partial charge on any atom is -0.345 e. The molecule has 18 heavy (non-hydrogen) atoms. The van der Waals surface area contributed by atoms with Gasteiger partial charge in [-0.25, -0.2) is 0 Å². The Morgan fingerprint density at radius 1 is 1.33 bits per heavy atom. The molecule has 5 heteroatoms. The largest absolute Gasteiger partial charge is 0.345 e. The molecule has 0 aliphatic carbocycles. The predicted octanol–water partition coefficient (Wildman–Crippen LogP) is 0.983. The van der Waals surface area contributed by atoms with Crippen LogP contribution in [0.1, 0.15) is 22.8 Å². The molecule has 0 saturated heterocycles. The van der Waals surface area contributed by atoms with Crippen molar-refractivity contribution in [1.29, 1.82) is 0 Å². The number of benzene rings is 1. The molecule has 0 aromatic heterocycles. The number of carbonyl (C=O) groups is 2. The van der Waals surface area contributed by atoms with Crippen molar-refractivity contribution in [3.8, 4) is 0 Å².